The molecular weight excluding hydrogens is 875 g/mol. The number of carbonyl (C=O) groups is 2. The number of cyclic esters (lactones) is 1. The second-order valence-corrected chi connectivity index (χ2v) is 17.9. The van der Waals surface area contributed by atoms with Crippen molar-refractivity contribution in [3.8, 4) is 0 Å². The van der Waals surface area contributed by atoms with E-state index < -0.39 is 112 Å². The first kappa shape index (κ1) is 58.8. The van der Waals surface area contributed by atoms with E-state index in [0.29, 0.717) is 19.3 Å². The van der Waals surface area contributed by atoms with Crippen LogP contribution in [0.5, 0.6) is 0 Å². The van der Waals surface area contributed by atoms with E-state index in [2.05, 4.69) is 55.5 Å². The highest BCUT2D eigenvalue weighted by Crippen LogP contribution is 2.47. The summed E-state index contributed by atoms with van der Waals surface area (Å²) in [4.78, 5) is 36.4. The summed E-state index contributed by atoms with van der Waals surface area (Å²) in [7, 11) is -5.46. The third kappa shape index (κ3) is 24.1. The zero-order valence-corrected chi connectivity index (χ0v) is 39.4. The molecule has 1 saturated carbocycles. The van der Waals surface area contributed by atoms with Crippen molar-refractivity contribution in [1.29, 1.82) is 0 Å². The van der Waals surface area contributed by atoms with Crippen LogP contribution in [0.15, 0.2) is 97.2 Å². The Balaban J connectivity index is 2.15. The van der Waals surface area contributed by atoms with Gasteiger partial charge in [-0.2, -0.15) is 0 Å². The highest BCUT2D eigenvalue weighted by Gasteiger charge is 2.49. The number of phosphoric acid groups is 1. The third-order valence-electron chi connectivity index (χ3n) is 11.0. The van der Waals surface area contributed by atoms with E-state index in [1.54, 1.807) is 6.08 Å². The van der Waals surface area contributed by atoms with Crippen LogP contribution >= 0.6 is 7.82 Å². The molecule has 9 N–H and O–H groups in total. The van der Waals surface area contributed by atoms with E-state index in [-0.39, 0.29) is 25.7 Å². The summed E-state index contributed by atoms with van der Waals surface area (Å²) in [6, 6.07) is 0. The molecule has 0 radical (unpaired) electrons. The van der Waals surface area contributed by atoms with Gasteiger partial charge in [0.25, 0.3) is 0 Å². The van der Waals surface area contributed by atoms with E-state index in [0.717, 1.165) is 44.9 Å². The lowest BCUT2D eigenvalue weighted by Gasteiger charge is -2.37. The monoisotopic (exact) mass is 952 g/mol. The largest absolute Gasteiger partial charge is 0.472 e. The topological polar surface area (TPSA) is 270 Å². The van der Waals surface area contributed by atoms with Crippen molar-refractivity contribution in [2.75, 3.05) is 13.2 Å². The molecule has 0 aromatic rings. The Bertz CT molecular complexity index is 1650. The van der Waals surface area contributed by atoms with Crippen molar-refractivity contribution in [3.05, 3.63) is 97.2 Å². The molecule has 374 valence electrons. The molecule has 17 heteroatoms. The summed E-state index contributed by atoms with van der Waals surface area (Å²) in [5.74, 6) is -4.40. The Morgan fingerprint density at radius 3 is 1.92 bits per heavy atom. The van der Waals surface area contributed by atoms with Gasteiger partial charge < -0.3 is 55.2 Å². The lowest BCUT2D eigenvalue weighted by atomic mass is 9.83. The quantitative estimate of drug-likeness (QED) is 0.0300. The van der Waals surface area contributed by atoms with Crippen LogP contribution < -0.4 is 0 Å². The van der Waals surface area contributed by atoms with Crippen molar-refractivity contribution in [2.24, 2.45) is 11.8 Å². The van der Waals surface area contributed by atoms with Crippen LogP contribution in [0.25, 0.3) is 0 Å². The lowest BCUT2D eigenvalue weighted by Crippen LogP contribution is -2.55. The summed E-state index contributed by atoms with van der Waals surface area (Å²) >= 11 is 0. The first-order chi connectivity index (χ1) is 31.6. The number of allylic oxidation sites excluding steroid dienone is 13. The van der Waals surface area contributed by atoms with E-state index in [9.17, 15) is 59.9 Å². The molecular formula is C49H77O16P. The summed E-state index contributed by atoms with van der Waals surface area (Å²) in [5, 5.41) is 89.6. The van der Waals surface area contributed by atoms with Gasteiger partial charge in [-0.3, -0.25) is 18.6 Å². The normalized spacial score (nSPS) is 32.6. The molecule has 0 amide bonds. The van der Waals surface area contributed by atoms with Crippen LogP contribution in [-0.4, -0.2) is 132 Å². The Morgan fingerprint density at radius 2 is 1.33 bits per heavy atom. The average molecular weight is 953 g/mol. The van der Waals surface area contributed by atoms with Crippen molar-refractivity contribution in [3.63, 3.8) is 0 Å². The van der Waals surface area contributed by atoms with Gasteiger partial charge in [-0.15, -0.1) is 0 Å². The molecule has 13 atom stereocenters. The van der Waals surface area contributed by atoms with Gasteiger partial charge in [0.1, 0.15) is 31.0 Å². The molecule has 1 heterocycles. The number of aliphatic hydroxyl groups is 8. The zero-order valence-electron chi connectivity index (χ0n) is 38.5. The van der Waals surface area contributed by atoms with E-state index in [1.807, 2.05) is 25.2 Å². The van der Waals surface area contributed by atoms with Gasteiger partial charge >= 0.3 is 19.8 Å². The Hall–Kier alpha value is -3.35. The number of carbonyl (C=O) groups excluding carboxylic acids is 2. The number of unbranched alkanes of at least 4 members (excludes halogenated alkanes) is 2. The third-order valence-corrected chi connectivity index (χ3v) is 12.0. The fourth-order valence-corrected chi connectivity index (χ4v) is 8.14. The van der Waals surface area contributed by atoms with Crippen LogP contribution in [0, 0.1) is 11.8 Å². The minimum Gasteiger partial charge on any atom is -0.461 e. The predicted molar refractivity (Wildman–Crippen MR) is 250 cm³/mol. The molecule has 1 aliphatic carbocycles. The minimum absolute atomic E-state index is 0.106. The molecule has 1 unspecified atom stereocenters. The number of phosphoric ester groups is 1. The van der Waals surface area contributed by atoms with Crippen LogP contribution in [0.3, 0.4) is 0 Å². The first-order valence-corrected chi connectivity index (χ1v) is 24.8. The minimum atomic E-state index is -5.46. The Kier molecular flexibility index (Phi) is 30.3. The number of esters is 2. The van der Waals surface area contributed by atoms with Gasteiger partial charge in [-0.1, -0.05) is 130 Å². The van der Waals surface area contributed by atoms with Crippen molar-refractivity contribution in [1.82, 2.24) is 0 Å². The van der Waals surface area contributed by atoms with Gasteiger partial charge in [-0.25, -0.2) is 4.57 Å². The summed E-state index contributed by atoms with van der Waals surface area (Å²) < 4.78 is 34.4. The summed E-state index contributed by atoms with van der Waals surface area (Å²) in [6.07, 6.45) is 17.6. The number of hydrogen-bond donors (Lipinski definition) is 9. The molecule has 66 heavy (non-hydrogen) atoms. The van der Waals surface area contributed by atoms with Crippen molar-refractivity contribution < 1.29 is 78.4 Å². The number of ether oxygens (including phenoxy) is 2. The number of aliphatic hydroxyl groups excluding tert-OH is 8. The SMILES string of the molecule is CC/C=C\C/C=C\C/C=C\C/C=C\C/C=C\C/C=C\CCC(=O)O[C@@H]1COC(=O)C/C=C\C[C@H]2[C@@H](O)[C@H](O)[C@@H](O)[C@H](OP(=O)(O)OC1)[C@H](O)[C@H](O)[C@@H](/C=C/[C@H](O)CCCCC)[C@H](O)C[C@@H]2O. The maximum absolute atomic E-state index is 13.4. The van der Waals surface area contributed by atoms with Gasteiger partial charge in [0.2, 0.25) is 0 Å². The van der Waals surface area contributed by atoms with Gasteiger partial charge in [0, 0.05) is 24.7 Å². The van der Waals surface area contributed by atoms with Crippen LogP contribution in [0.4, 0.5) is 0 Å². The molecule has 0 aromatic carbocycles. The fraction of sp³-hybridized carbons (Fsp3) is 0.633. The lowest BCUT2D eigenvalue weighted by molar-refractivity contribution is -0.166. The predicted octanol–water partition coefficient (Wildman–Crippen LogP) is 5.43. The Morgan fingerprint density at radius 1 is 0.758 bits per heavy atom. The molecule has 2 bridgehead atoms. The van der Waals surface area contributed by atoms with Gasteiger partial charge in [-0.05, 0) is 57.8 Å². The molecule has 0 saturated heterocycles. The van der Waals surface area contributed by atoms with Gasteiger partial charge in [0.05, 0.1) is 43.5 Å². The first-order valence-electron chi connectivity index (χ1n) is 23.3. The summed E-state index contributed by atoms with van der Waals surface area (Å²) in [6.45, 7) is 2.59. The smallest absolute Gasteiger partial charge is 0.461 e. The average Bonchev–Trinajstić information content (AvgIpc) is 3.28. The number of hydrogen-bond acceptors (Lipinski definition) is 15. The highest BCUT2D eigenvalue weighted by atomic mass is 31.2. The van der Waals surface area contributed by atoms with Crippen LogP contribution in [-0.2, 0) is 32.7 Å². The molecule has 1 aliphatic heterocycles. The van der Waals surface area contributed by atoms with E-state index in [1.165, 1.54) is 24.3 Å². The fourth-order valence-electron chi connectivity index (χ4n) is 7.17. The van der Waals surface area contributed by atoms with E-state index in [4.69, 9.17) is 18.5 Å². The van der Waals surface area contributed by atoms with Crippen molar-refractivity contribution >= 4 is 19.8 Å². The standard InChI is InChI=1S/C49H77O16P/c1-3-5-7-8-9-10-11-12-13-14-15-16-17-18-19-20-21-22-24-30-43(54)64-37-34-62-42(53)29-26-25-28-38-40(51)33-41(52)39(32-31-36(50)27-23-6-4-2)45(56)47(58)49(48(59)46(57)44(38)55)65-66(60,61)63-35-37/h5,7,9-10,12-13,15-16,18-19,21-22,25-26,31-32,36-41,44-52,55-59H,3-4,6,8,11,14,17,20,23-24,27-30,33-35H2,1-2H3,(H,60,61)/b7-5-,10-9-,13-12-,16-15-,19-18-,22-21-,26-25-,32-31+/t36-,37-,38-,39+,40+,41-,44-,45-,46+,47-,48-,49-/m1/s1. The molecule has 0 spiro atoms. The highest BCUT2D eigenvalue weighted by molar-refractivity contribution is 7.47. The summed E-state index contributed by atoms with van der Waals surface area (Å²) in [5.41, 5.74) is 0. The Labute approximate surface area is 390 Å². The van der Waals surface area contributed by atoms with Crippen LogP contribution in [0.1, 0.15) is 110 Å². The van der Waals surface area contributed by atoms with Crippen molar-refractivity contribution in [2.45, 2.75) is 171 Å². The molecule has 2 rings (SSSR count). The number of fused-ring (bicyclic) bond motifs is 4. The van der Waals surface area contributed by atoms with E-state index >= 15 is 0 Å². The molecule has 0 aromatic heterocycles. The number of rotatable bonds is 21. The van der Waals surface area contributed by atoms with Gasteiger partial charge in [0.15, 0.2) is 6.10 Å². The zero-order chi connectivity index (χ0) is 48.7. The second kappa shape index (κ2) is 34.0. The van der Waals surface area contributed by atoms with Crippen LogP contribution in [0.2, 0.25) is 0 Å². The molecule has 2 aliphatic rings. The maximum Gasteiger partial charge on any atom is 0.472 e. The maximum atomic E-state index is 13.4. The second-order valence-electron chi connectivity index (χ2n) is 16.5. The molecule has 1 fully saturated rings. The molecule has 16 nitrogen and oxygen atoms in total.